The van der Waals surface area contributed by atoms with E-state index in [4.69, 9.17) is 0 Å². The molecule has 1 aromatic rings. The lowest BCUT2D eigenvalue weighted by molar-refractivity contribution is 0.216. The number of rotatable bonds is 2. The lowest BCUT2D eigenvalue weighted by atomic mass is 9.80. The molecular formula is C17H27N3. The zero-order valence-electron chi connectivity index (χ0n) is 12.9. The molecule has 0 bridgehead atoms. The second-order valence-corrected chi connectivity index (χ2v) is 6.57. The maximum absolute atomic E-state index is 3.83. The van der Waals surface area contributed by atoms with E-state index in [0.717, 1.165) is 19.6 Å². The summed E-state index contributed by atoms with van der Waals surface area (Å²) in [6.07, 6.45) is 6.87. The predicted molar refractivity (Wildman–Crippen MR) is 86.8 cm³/mol. The molecule has 1 N–H and O–H groups in total. The van der Waals surface area contributed by atoms with Crippen LogP contribution in [0, 0.1) is 0 Å². The minimum atomic E-state index is 0.371. The van der Waals surface area contributed by atoms with Gasteiger partial charge in [0.05, 0.1) is 11.4 Å². The largest absolute Gasteiger partial charge is 0.376 e. The van der Waals surface area contributed by atoms with Gasteiger partial charge in [0, 0.05) is 39.3 Å². The van der Waals surface area contributed by atoms with E-state index in [1.807, 2.05) is 0 Å². The highest BCUT2D eigenvalue weighted by Gasteiger charge is 2.36. The first-order valence-corrected chi connectivity index (χ1v) is 7.97. The highest BCUT2D eigenvalue weighted by Crippen LogP contribution is 2.35. The van der Waals surface area contributed by atoms with Gasteiger partial charge in [0.15, 0.2) is 0 Å². The van der Waals surface area contributed by atoms with Crippen LogP contribution in [-0.2, 0) is 0 Å². The fourth-order valence-corrected chi connectivity index (χ4v) is 3.84. The lowest BCUT2D eigenvalue weighted by Crippen LogP contribution is -2.61. The Morgan fingerprint density at radius 3 is 2.60 bits per heavy atom. The van der Waals surface area contributed by atoms with E-state index in [9.17, 15) is 0 Å². The molecule has 0 amide bonds. The maximum Gasteiger partial charge on any atom is 0.0604 e. The highest BCUT2D eigenvalue weighted by molar-refractivity contribution is 5.71. The quantitative estimate of drug-likeness (QED) is 0.894. The van der Waals surface area contributed by atoms with Crippen molar-refractivity contribution in [3.05, 3.63) is 24.3 Å². The summed E-state index contributed by atoms with van der Waals surface area (Å²) in [5.41, 5.74) is 3.10. The number of anilines is 2. The van der Waals surface area contributed by atoms with Crippen molar-refractivity contribution < 1.29 is 0 Å². The van der Waals surface area contributed by atoms with Gasteiger partial charge in [-0.05, 0) is 25.0 Å². The summed E-state index contributed by atoms with van der Waals surface area (Å²) in [6, 6.07) is 8.80. The van der Waals surface area contributed by atoms with E-state index in [1.54, 1.807) is 0 Å². The first-order chi connectivity index (χ1) is 9.70. The SMILES string of the molecule is CN(C)c1ccccc1N1CCNC2(CCCCC2)C1. The third-order valence-corrected chi connectivity index (χ3v) is 4.89. The first-order valence-electron chi connectivity index (χ1n) is 7.97. The van der Waals surface area contributed by atoms with E-state index < -0.39 is 0 Å². The van der Waals surface area contributed by atoms with Crippen molar-refractivity contribution in [1.82, 2.24) is 5.32 Å². The van der Waals surface area contributed by atoms with E-state index in [0.29, 0.717) is 5.54 Å². The summed E-state index contributed by atoms with van der Waals surface area (Å²) in [5, 5.41) is 3.83. The smallest absolute Gasteiger partial charge is 0.0604 e. The molecule has 1 saturated carbocycles. The predicted octanol–water partition coefficient (Wildman–Crippen LogP) is 2.87. The van der Waals surface area contributed by atoms with Crippen LogP contribution in [0.4, 0.5) is 11.4 Å². The second kappa shape index (κ2) is 5.65. The van der Waals surface area contributed by atoms with Gasteiger partial charge in [-0.3, -0.25) is 0 Å². The van der Waals surface area contributed by atoms with Gasteiger partial charge in [-0.25, -0.2) is 0 Å². The van der Waals surface area contributed by atoms with Crippen molar-refractivity contribution in [2.24, 2.45) is 0 Å². The summed E-state index contributed by atoms with van der Waals surface area (Å²) in [7, 11) is 4.27. The minimum absolute atomic E-state index is 0.371. The Bertz CT molecular complexity index is 444. The summed E-state index contributed by atoms with van der Waals surface area (Å²) in [4.78, 5) is 4.82. The molecule has 1 saturated heterocycles. The third kappa shape index (κ3) is 2.64. The highest BCUT2D eigenvalue weighted by atomic mass is 15.2. The van der Waals surface area contributed by atoms with Gasteiger partial charge in [0.2, 0.25) is 0 Å². The topological polar surface area (TPSA) is 18.5 Å². The molecule has 1 aromatic carbocycles. The molecule has 0 unspecified atom stereocenters. The molecule has 1 aliphatic carbocycles. The molecule has 0 aromatic heterocycles. The molecule has 1 aliphatic heterocycles. The summed E-state index contributed by atoms with van der Waals surface area (Å²) < 4.78 is 0. The number of benzene rings is 1. The molecule has 3 nitrogen and oxygen atoms in total. The van der Waals surface area contributed by atoms with Gasteiger partial charge in [-0.15, -0.1) is 0 Å². The van der Waals surface area contributed by atoms with Gasteiger partial charge in [-0.2, -0.15) is 0 Å². The Labute approximate surface area is 123 Å². The number of nitrogens with one attached hydrogen (secondary N) is 1. The number of para-hydroxylation sites is 2. The van der Waals surface area contributed by atoms with Gasteiger partial charge in [0.25, 0.3) is 0 Å². The average molecular weight is 273 g/mol. The summed E-state index contributed by atoms with van der Waals surface area (Å²) in [6.45, 7) is 3.40. The van der Waals surface area contributed by atoms with Gasteiger partial charge in [-0.1, -0.05) is 31.4 Å². The van der Waals surface area contributed by atoms with Crippen LogP contribution in [0.3, 0.4) is 0 Å². The van der Waals surface area contributed by atoms with Crippen molar-refractivity contribution in [2.75, 3.05) is 43.5 Å². The number of hydrogen-bond donors (Lipinski definition) is 1. The molecule has 2 aliphatic rings. The van der Waals surface area contributed by atoms with E-state index >= 15 is 0 Å². The molecule has 110 valence electrons. The third-order valence-electron chi connectivity index (χ3n) is 4.89. The molecular weight excluding hydrogens is 246 g/mol. The van der Waals surface area contributed by atoms with Crippen LogP contribution >= 0.6 is 0 Å². The van der Waals surface area contributed by atoms with Gasteiger partial charge < -0.3 is 15.1 Å². The Morgan fingerprint density at radius 2 is 1.85 bits per heavy atom. The van der Waals surface area contributed by atoms with Gasteiger partial charge >= 0.3 is 0 Å². The van der Waals surface area contributed by atoms with Crippen molar-refractivity contribution in [3.8, 4) is 0 Å². The maximum atomic E-state index is 3.83. The van der Waals surface area contributed by atoms with Crippen LogP contribution in [0.2, 0.25) is 0 Å². The molecule has 3 rings (SSSR count). The van der Waals surface area contributed by atoms with Crippen LogP contribution in [0.15, 0.2) is 24.3 Å². The summed E-state index contributed by atoms with van der Waals surface area (Å²) >= 11 is 0. The summed E-state index contributed by atoms with van der Waals surface area (Å²) in [5.74, 6) is 0. The van der Waals surface area contributed by atoms with Crippen LogP contribution in [0.1, 0.15) is 32.1 Å². The number of nitrogens with zero attached hydrogens (tertiary/aromatic N) is 2. The monoisotopic (exact) mass is 273 g/mol. The zero-order chi connectivity index (χ0) is 14.0. The number of hydrogen-bond acceptors (Lipinski definition) is 3. The fourth-order valence-electron chi connectivity index (χ4n) is 3.84. The minimum Gasteiger partial charge on any atom is -0.376 e. The molecule has 20 heavy (non-hydrogen) atoms. The molecule has 1 spiro atoms. The fraction of sp³-hybridized carbons (Fsp3) is 0.647. The lowest BCUT2D eigenvalue weighted by Gasteiger charge is -2.47. The molecule has 0 atom stereocenters. The second-order valence-electron chi connectivity index (χ2n) is 6.57. The Morgan fingerprint density at radius 1 is 1.10 bits per heavy atom. The zero-order valence-corrected chi connectivity index (χ0v) is 12.9. The van der Waals surface area contributed by atoms with Crippen LogP contribution in [-0.4, -0.2) is 39.3 Å². The van der Waals surface area contributed by atoms with Crippen molar-refractivity contribution in [2.45, 2.75) is 37.6 Å². The van der Waals surface area contributed by atoms with E-state index in [2.05, 4.69) is 53.5 Å². The normalized spacial score (nSPS) is 22.0. The van der Waals surface area contributed by atoms with Crippen LogP contribution in [0.25, 0.3) is 0 Å². The Kier molecular flexibility index (Phi) is 3.88. The van der Waals surface area contributed by atoms with Crippen molar-refractivity contribution in [1.29, 1.82) is 0 Å². The molecule has 0 radical (unpaired) electrons. The first kappa shape index (κ1) is 13.7. The van der Waals surface area contributed by atoms with E-state index in [-0.39, 0.29) is 0 Å². The Balaban J connectivity index is 1.83. The van der Waals surface area contributed by atoms with Crippen LogP contribution < -0.4 is 15.1 Å². The van der Waals surface area contributed by atoms with E-state index in [1.165, 1.54) is 43.5 Å². The molecule has 2 fully saturated rings. The molecule has 1 heterocycles. The van der Waals surface area contributed by atoms with Crippen LogP contribution in [0.5, 0.6) is 0 Å². The average Bonchev–Trinajstić information content (AvgIpc) is 2.48. The standard InChI is InChI=1S/C17H27N3/c1-19(2)15-8-4-5-9-16(15)20-13-12-18-17(14-20)10-6-3-7-11-17/h4-5,8-9,18H,3,6-7,10-14H2,1-2H3. The van der Waals surface area contributed by atoms with Crippen molar-refractivity contribution in [3.63, 3.8) is 0 Å². The van der Waals surface area contributed by atoms with Gasteiger partial charge in [0.1, 0.15) is 0 Å². The van der Waals surface area contributed by atoms with Crippen molar-refractivity contribution >= 4 is 11.4 Å². The Hall–Kier alpha value is -1.22. The number of piperazine rings is 1. The molecule has 3 heteroatoms.